The average Bonchev–Trinajstić information content (AvgIpc) is 2.98. The molecule has 12 heteroatoms. The molecule has 144 valence electrons. The molecule has 1 saturated heterocycles. The maximum Gasteiger partial charge on any atom is 0.282 e. The first-order valence-corrected chi connectivity index (χ1v) is 7.92. The number of rotatable bonds is 6. The van der Waals surface area contributed by atoms with Gasteiger partial charge in [0, 0.05) is 13.1 Å². The molecule has 0 atom stereocenters. The van der Waals surface area contributed by atoms with Crippen molar-refractivity contribution in [2.45, 2.75) is 32.2 Å². The monoisotopic (exact) mass is 395 g/mol. The van der Waals surface area contributed by atoms with Crippen LogP contribution < -0.4 is 10.8 Å². The molecule has 0 aliphatic carbocycles. The number of carboxylic acids is 1. The fourth-order valence-corrected chi connectivity index (χ4v) is 3.07. The number of amides is 1. The highest BCUT2D eigenvalue weighted by atomic mass is 32.1. The van der Waals surface area contributed by atoms with Crippen LogP contribution in [0.2, 0.25) is 0 Å². The van der Waals surface area contributed by atoms with Gasteiger partial charge in [-0.2, -0.15) is 5.10 Å². The van der Waals surface area contributed by atoms with Gasteiger partial charge >= 0.3 is 0 Å². The Morgan fingerprint density at radius 2 is 1.85 bits per heavy atom. The van der Waals surface area contributed by atoms with Gasteiger partial charge < -0.3 is 20.5 Å². The summed E-state index contributed by atoms with van der Waals surface area (Å²) >= 11 is 4.77. The lowest BCUT2D eigenvalue weighted by atomic mass is 9.78. The van der Waals surface area contributed by atoms with Gasteiger partial charge in [0.25, 0.3) is 12.9 Å². The van der Waals surface area contributed by atoms with Gasteiger partial charge in [-0.15, -0.1) is 0 Å². The largest absolute Gasteiger partial charge is 0.549 e. The minimum absolute atomic E-state index is 0.0445. The molecule has 0 radical (unpaired) electrons. The third kappa shape index (κ3) is 3.79. The number of piperidine rings is 1. The van der Waals surface area contributed by atoms with E-state index in [4.69, 9.17) is 18.0 Å². The van der Waals surface area contributed by atoms with Gasteiger partial charge in [-0.25, -0.2) is 17.6 Å². The van der Waals surface area contributed by atoms with Crippen LogP contribution in [0.5, 0.6) is 0 Å². The van der Waals surface area contributed by atoms with Crippen LogP contribution in [0.4, 0.5) is 17.6 Å². The molecule has 26 heavy (non-hydrogen) atoms. The van der Waals surface area contributed by atoms with Crippen LogP contribution >= 0.6 is 12.2 Å². The van der Waals surface area contributed by atoms with Crippen LogP contribution in [-0.4, -0.2) is 44.6 Å². The summed E-state index contributed by atoms with van der Waals surface area (Å²) in [6.07, 6.45) is -6.29. The van der Waals surface area contributed by atoms with E-state index in [2.05, 4.69) is 5.10 Å². The van der Waals surface area contributed by atoms with E-state index in [-0.39, 0.29) is 30.9 Å². The van der Waals surface area contributed by atoms with Crippen molar-refractivity contribution in [3.05, 3.63) is 17.5 Å². The quantitative estimate of drug-likeness (QED) is 0.553. The lowest BCUT2D eigenvalue weighted by molar-refractivity contribution is -0.316. The van der Waals surface area contributed by atoms with Gasteiger partial charge in [0.2, 0.25) is 5.91 Å². The molecular weight excluding hydrogens is 380 g/mol. The van der Waals surface area contributed by atoms with Gasteiger partial charge in [0.05, 0.1) is 16.4 Å². The third-order valence-electron chi connectivity index (χ3n) is 4.39. The minimum Gasteiger partial charge on any atom is -0.549 e. The van der Waals surface area contributed by atoms with Gasteiger partial charge in [0.15, 0.2) is 0 Å². The number of hydrogen-bond acceptors (Lipinski definition) is 5. The van der Waals surface area contributed by atoms with E-state index in [9.17, 15) is 32.3 Å². The van der Waals surface area contributed by atoms with Gasteiger partial charge in [-0.1, -0.05) is 12.2 Å². The Morgan fingerprint density at radius 1 is 1.27 bits per heavy atom. The molecule has 2 N–H and O–H groups in total. The summed E-state index contributed by atoms with van der Waals surface area (Å²) in [6, 6.07) is 0.548. The standard InChI is InChI=1S/C14H16F4N4O3S/c15-10(16)7-5-8(11(17)18)22(20-7)6-9(23)21-3-1-14(2-4-21,12(19)26)13(24)25/h5,10-11H,1-4,6H2,(H2,19,26)(H,24,25)/p-1. The number of carboxylic acid groups (broad SMARTS) is 1. The summed E-state index contributed by atoms with van der Waals surface area (Å²) in [6.45, 7) is -0.758. The maximum atomic E-state index is 12.9. The molecule has 0 unspecified atom stereocenters. The topological polar surface area (TPSA) is 104 Å². The van der Waals surface area contributed by atoms with E-state index in [0.717, 1.165) is 0 Å². The number of carbonyl (C=O) groups is 2. The van der Waals surface area contributed by atoms with E-state index in [1.54, 1.807) is 0 Å². The Morgan fingerprint density at radius 3 is 2.27 bits per heavy atom. The van der Waals surface area contributed by atoms with Crippen molar-refractivity contribution >= 4 is 29.1 Å². The van der Waals surface area contributed by atoms with Crippen LogP contribution in [0.3, 0.4) is 0 Å². The molecule has 1 fully saturated rings. The molecule has 0 aromatic carbocycles. The van der Waals surface area contributed by atoms with E-state index in [1.807, 2.05) is 0 Å². The number of aliphatic carboxylic acids is 1. The zero-order chi connectivity index (χ0) is 19.6. The summed E-state index contributed by atoms with van der Waals surface area (Å²) in [4.78, 5) is 24.6. The van der Waals surface area contributed by atoms with Crippen molar-refractivity contribution in [2.24, 2.45) is 11.1 Å². The number of likely N-dealkylation sites (tertiary alicyclic amines) is 1. The highest BCUT2D eigenvalue weighted by molar-refractivity contribution is 7.80. The number of halogens is 4. The van der Waals surface area contributed by atoms with Crippen molar-refractivity contribution in [3.8, 4) is 0 Å². The Bertz CT molecular complexity index is 701. The lowest BCUT2D eigenvalue weighted by Gasteiger charge is -2.41. The second-order valence-electron chi connectivity index (χ2n) is 5.87. The summed E-state index contributed by atoms with van der Waals surface area (Å²) < 4.78 is 51.7. The van der Waals surface area contributed by atoms with Crippen molar-refractivity contribution in [1.29, 1.82) is 0 Å². The first kappa shape index (κ1) is 20.1. The van der Waals surface area contributed by atoms with E-state index >= 15 is 0 Å². The van der Waals surface area contributed by atoms with Crippen LogP contribution in [0.25, 0.3) is 0 Å². The molecule has 7 nitrogen and oxygen atoms in total. The average molecular weight is 395 g/mol. The van der Waals surface area contributed by atoms with E-state index < -0.39 is 48.1 Å². The van der Waals surface area contributed by atoms with E-state index in [0.29, 0.717) is 10.7 Å². The fourth-order valence-electron chi connectivity index (χ4n) is 2.78. The van der Waals surface area contributed by atoms with Crippen molar-refractivity contribution in [2.75, 3.05) is 13.1 Å². The lowest BCUT2D eigenvalue weighted by Crippen LogP contribution is -2.56. The smallest absolute Gasteiger partial charge is 0.282 e. The number of carbonyl (C=O) groups excluding carboxylic acids is 2. The van der Waals surface area contributed by atoms with Gasteiger partial charge in [-0.05, 0) is 18.9 Å². The third-order valence-corrected chi connectivity index (χ3v) is 4.79. The molecule has 1 amide bonds. The Balaban J connectivity index is 2.10. The number of aromatic nitrogens is 2. The van der Waals surface area contributed by atoms with Crippen molar-refractivity contribution in [3.63, 3.8) is 0 Å². The molecule has 1 aromatic rings. The number of nitrogens with two attached hydrogens (primary N) is 1. The molecule has 2 heterocycles. The number of hydrogen-bond donors (Lipinski definition) is 1. The second-order valence-corrected chi connectivity index (χ2v) is 6.31. The summed E-state index contributed by atoms with van der Waals surface area (Å²) in [5.74, 6) is -2.10. The zero-order valence-corrected chi connectivity index (χ0v) is 14.1. The molecule has 2 rings (SSSR count). The van der Waals surface area contributed by atoms with Crippen LogP contribution in [0.1, 0.15) is 37.1 Å². The Labute approximate surface area is 150 Å². The summed E-state index contributed by atoms with van der Waals surface area (Å²) in [7, 11) is 0. The maximum absolute atomic E-state index is 12.9. The fraction of sp³-hybridized carbons (Fsp3) is 0.571. The molecule has 0 bridgehead atoms. The molecule has 0 saturated carbocycles. The zero-order valence-electron chi connectivity index (χ0n) is 13.3. The predicted molar refractivity (Wildman–Crippen MR) is 82.2 cm³/mol. The first-order chi connectivity index (χ1) is 12.1. The van der Waals surface area contributed by atoms with E-state index in [1.165, 1.54) is 4.90 Å². The molecule has 0 spiro atoms. The Hall–Kier alpha value is -2.24. The number of thiocarbonyl (C=S) groups is 1. The highest BCUT2D eigenvalue weighted by Gasteiger charge is 2.40. The normalized spacial score (nSPS) is 16.9. The molecular formula is C14H15F4N4O3S-. The van der Waals surface area contributed by atoms with Crippen molar-refractivity contribution in [1.82, 2.24) is 14.7 Å². The molecule has 1 aliphatic rings. The van der Waals surface area contributed by atoms with Crippen LogP contribution in [0.15, 0.2) is 6.07 Å². The molecule has 1 aliphatic heterocycles. The second kappa shape index (κ2) is 7.56. The highest BCUT2D eigenvalue weighted by Crippen LogP contribution is 2.32. The first-order valence-electron chi connectivity index (χ1n) is 7.51. The SMILES string of the molecule is NC(=S)C1(C(=O)[O-])CCN(C(=O)Cn2nc(C(F)F)cc2C(F)F)CC1. The van der Waals surface area contributed by atoms with Crippen LogP contribution in [0, 0.1) is 5.41 Å². The summed E-state index contributed by atoms with van der Waals surface area (Å²) in [5, 5.41) is 14.7. The molecule has 1 aromatic heterocycles. The number of alkyl halides is 4. The minimum atomic E-state index is -3.08. The van der Waals surface area contributed by atoms with Crippen LogP contribution in [-0.2, 0) is 16.1 Å². The van der Waals surface area contributed by atoms with Crippen molar-refractivity contribution < 1.29 is 32.3 Å². The Kier molecular flexibility index (Phi) is 5.84. The summed E-state index contributed by atoms with van der Waals surface area (Å²) in [5.41, 5.74) is 2.29. The van der Waals surface area contributed by atoms with Gasteiger partial charge in [0.1, 0.15) is 17.9 Å². The predicted octanol–water partition coefficient (Wildman–Crippen LogP) is 0.403. The number of nitrogens with zero attached hydrogens (tertiary/aromatic N) is 3. The van der Waals surface area contributed by atoms with Gasteiger partial charge in [-0.3, -0.25) is 9.48 Å².